The van der Waals surface area contributed by atoms with Crippen molar-refractivity contribution in [2.45, 2.75) is 51.7 Å². The van der Waals surface area contributed by atoms with Crippen LogP contribution in [0.5, 0.6) is 0 Å². The van der Waals surface area contributed by atoms with Gasteiger partial charge in [0.15, 0.2) is 0 Å². The van der Waals surface area contributed by atoms with Crippen molar-refractivity contribution in [2.24, 2.45) is 0 Å². The maximum Gasteiger partial charge on any atom is 0.0352 e. The fraction of sp³-hybridized carbons (Fsp3) is 0.600. The first-order valence-electron chi connectivity index (χ1n) is 6.02. The van der Waals surface area contributed by atoms with Crippen molar-refractivity contribution in [3.05, 3.63) is 35.4 Å². The predicted octanol–water partition coefficient (Wildman–Crippen LogP) is 4.97. The van der Waals surface area contributed by atoms with Crippen molar-refractivity contribution in [3.63, 3.8) is 0 Å². The molecule has 0 unspecified atom stereocenters. The van der Waals surface area contributed by atoms with Crippen LogP contribution in [0.15, 0.2) is 24.3 Å². The minimum absolute atomic E-state index is 0.227. The molecule has 1 aromatic carbocycles. The Morgan fingerprint density at radius 1 is 0.875 bits per heavy atom. The van der Waals surface area contributed by atoms with E-state index in [1.54, 1.807) is 0 Å². The summed E-state index contributed by atoms with van der Waals surface area (Å²) in [4.78, 5) is 0. The summed E-state index contributed by atoms with van der Waals surface area (Å²) in [7, 11) is 0. The lowest BCUT2D eigenvalue weighted by molar-refractivity contribution is 0.589. The van der Waals surface area contributed by atoms with Crippen LogP contribution in [-0.4, -0.2) is 5.75 Å². The van der Waals surface area contributed by atoms with E-state index >= 15 is 0 Å². The van der Waals surface area contributed by atoms with Gasteiger partial charge in [-0.1, -0.05) is 52.0 Å². The molecule has 0 N–H and O–H groups in total. The lowest BCUT2D eigenvalue weighted by Gasteiger charge is -2.26. The molecule has 0 amide bonds. The third-order valence-electron chi connectivity index (χ3n) is 2.95. The van der Waals surface area contributed by atoms with E-state index in [1.807, 2.05) is 11.8 Å². The van der Waals surface area contributed by atoms with E-state index < -0.39 is 0 Å². The van der Waals surface area contributed by atoms with Gasteiger partial charge in [0.1, 0.15) is 0 Å². The molecule has 0 aliphatic rings. The van der Waals surface area contributed by atoms with Gasteiger partial charge in [-0.2, -0.15) is 11.8 Å². The van der Waals surface area contributed by atoms with E-state index in [2.05, 4.69) is 65.8 Å². The standard InChI is InChI=1S/C15H24S/c1-7-16-15(5,6)13-10-8-12(9-11-13)14(2,3)4/h8-11H,7H2,1-6H3. The average molecular weight is 236 g/mol. The van der Waals surface area contributed by atoms with E-state index in [1.165, 1.54) is 11.1 Å². The molecule has 0 nitrogen and oxygen atoms in total. The van der Waals surface area contributed by atoms with Crippen molar-refractivity contribution in [2.75, 3.05) is 5.75 Å². The van der Waals surface area contributed by atoms with Crippen LogP contribution >= 0.6 is 11.8 Å². The average Bonchev–Trinajstić information content (AvgIpc) is 2.16. The van der Waals surface area contributed by atoms with Gasteiger partial charge < -0.3 is 0 Å². The third kappa shape index (κ3) is 3.28. The lowest BCUT2D eigenvalue weighted by atomic mass is 9.86. The second-order valence-electron chi connectivity index (χ2n) is 5.77. The molecule has 0 aliphatic carbocycles. The summed E-state index contributed by atoms with van der Waals surface area (Å²) in [6, 6.07) is 9.10. The quantitative estimate of drug-likeness (QED) is 0.714. The second-order valence-corrected chi connectivity index (χ2v) is 7.66. The summed E-state index contributed by atoms with van der Waals surface area (Å²) in [5, 5.41) is 0. The Bertz CT molecular complexity index is 327. The van der Waals surface area contributed by atoms with Crippen LogP contribution in [0.1, 0.15) is 52.7 Å². The molecule has 0 saturated carbocycles. The van der Waals surface area contributed by atoms with Crippen LogP contribution in [0.25, 0.3) is 0 Å². The maximum atomic E-state index is 2.30. The third-order valence-corrected chi connectivity index (χ3v) is 4.20. The van der Waals surface area contributed by atoms with Gasteiger partial charge in [-0.05, 0) is 36.1 Å². The van der Waals surface area contributed by atoms with Gasteiger partial charge in [-0.15, -0.1) is 0 Å². The molecule has 0 atom stereocenters. The fourth-order valence-electron chi connectivity index (χ4n) is 1.82. The van der Waals surface area contributed by atoms with Crippen molar-refractivity contribution in [3.8, 4) is 0 Å². The van der Waals surface area contributed by atoms with Gasteiger partial charge in [0, 0.05) is 4.75 Å². The number of hydrogen-bond acceptors (Lipinski definition) is 1. The highest BCUT2D eigenvalue weighted by atomic mass is 32.2. The van der Waals surface area contributed by atoms with Gasteiger partial charge in [-0.3, -0.25) is 0 Å². The Morgan fingerprint density at radius 3 is 1.69 bits per heavy atom. The van der Waals surface area contributed by atoms with Crippen molar-refractivity contribution >= 4 is 11.8 Å². The molecule has 1 heteroatoms. The number of benzene rings is 1. The largest absolute Gasteiger partial charge is 0.151 e. The van der Waals surface area contributed by atoms with E-state index in [4.69, 9.17) is 0 Å². The summed E-state index contributed by atoms with van der Waals surface area (Å²) in [6.45, 7) is 13.6. The highest BCUT2D eigenvalue weighted by molar-refractivity contribution is 8.00. The van der Waals surface area contributed by atoms with Gasteiger partial charge in [0.25, 0.3) is 0 Å². The summed E-state index contributed by atoms with van der Waals surface area (Å²) in [5.74, 6) is 1.16. The highest BCUT2D eigenvalue weighted by Crippen LogP contribution is 2.36. The van der Waals surface area contributed by atoms with Crippen molar-refractivity contribution in [1.29, 1.82) is 0 Å². The van der Waals surface area contributed by atoms with E-state index in [0.717, 1.165) is 5.75 Å². The van der Waals surface area contributed by atoms with Crippen LogP contribution in [0.3, 0.4) is 0 Å². The Labute approximate surface area is 105 Å². The Hall–Kier alpha value is -0.430. The molecular weight excluding hydrogens is 212 g/mol. The molecule has 1 aromatic rings. The molecular formula is C15H24S. The van der Waals surface area contributed by atoms with E-state index in [9.17, 15) is 0 Å². The first-order chi connectivity index (χ1) is 7.27. The summed E-state index contributed by atoms with van der Waals surface area (Å²) < 4.78 is 0.227. The molecule has 0 radical (unpaired) electrons. The lowest BCUT2D eigenvalue weighted by Crippen LogP contribution is -2.14. The normalized spacial score (nSPS) is 12.9. The number of rotatable bonds is 3. The highest BCUT2D eigenvalue weighted by Gasteiger charge is 2.21. The first kappa shape index (κ1) is 13.6. The molecule has 90 valence electrons. The summed E-state index contributed by atoms with van der Waals surface area (Å²) in [5.41, 5.74) is 3.08. The molecule has 0 saturated heterocycles. The van der Waals surface area contributed by atoms with Gasteiger partial charge in [0.05, 0.1) is 0 Å². The Morgan fingerprint density at radius 2 is 1.31 bits per heavy atom. The molecule has 0 aromatic heterocycles. The van der Waals surface area contributed by atoms with E-state index in [0.29, 0.717) is 0 Å². The van der Waals surface area contributed by atoms with Gasteiger partial charge in [-0.25, -0.2) is 0 Å². The topological polar surface area (TPSA) is 0 Å². The molecule has 0 spiro atoms. The van der Waals surface area contributed by atoms with Gasteiger partial charge in [0.2, 0.25) is 0 Å². The Kier molecular flexibility index (Phi) is 4.12. The zero-order valence-electron chi connectivity index (χ0n) is 11.4. The minimum Gasteiger partial charge on any atom is -0.151 e. The minimum atomic E-state index is 0.227. The van der Waals surface area contributed by atoms with E-state index in [-0.39, 0.29) is 10.2 Å². The van der Waals surface area contributed by atoms with Crippen LogP contribution < -0.4 is 0 Å². The smallest absolute Gasteiger partial charge is 0.0352 e. The molecule has 0 aliphatic heterocycles. The zero-order valence-corrected chi connectivity index (χ0v) is 12.2. The molecule has 0 bridgehead atoms. The predicted molar refractivity (Wildman–Crippen MR) is 76.3 cm³/mol. The fourth-order valence-corrected chi connectivity index (χ4v) is 2.84. The van der Waals surface area contributed by atoms with Crippen molar-refractivity contribution in [1.82, 2.24) is 0 Å². The first-order valence-corrected chi connectivity index (χ1v) is 7.01. The summed E-state index contributed by atoms with van der Waals surface area (Å²) >= 11 is 2.00. The number of hydrogen-bond donors (Lipinski definition) is 0. The molecule has 0 heterocycles. The molecule has 16 heavy (non-hydrogen) atoms. The SMILES string of the molecule is CCSC(C)(C)c1ccc(C(C)(C)C)cc1. The summed E-state index contributed by atoms with van der Waals surface area (Å²) in [6.07, 6.45) is 0. The Balaban J connectivity index is 2.95. The monoisotopic (exact) mass is 236 g/mol. The van der Waals surface area contributed by atoms with Crippen LogP contribution in [0.4, 0.5) is 0 Å². The molecule has 0 fully saturated rings. The maximum absolute atomic E-state index is 2.30. The second kappa shape index (κ2) is 4.83. The molecule has 1 rings (SSSR count). The van der Waals surface area contributed by atoms with Gasteiger partial charge >= 0.3 is 0 Å². The van der Waals surface area contributed by atoms with Crippen LogP contribution in [0, 0.1) is 0 Å². The zero-order chi connectivity index (χ0) is 12.4. The van der Waals surface area contributed by atoms with Crippen molar-refractivity contribution < 1.29 is 0 Å². The van der Waals surface area contributed by atoms with Crippen LogP contribution in [0.2, 0.25) is 0 Å². The van der Waals surface area contributed by atoms with Crippen LogP contribution in [-0.2, 0) is 10.2 Å². The number of thioether (sulfide) groups is 1.